The molecule has 2 rings (SSSR count). The van der Waals surface area contributed by atoms with Gasteiger partial charge in [-0.05, 0) is 50.0 Å². The lowest BCUT2D eigenvalue weighted by atomic mass is 10.1. The third-order valence-corrected chi connectivity index (χ3v) is 5.74. The van der Waals surface area contributed by atoms with Gasteiger partial charge in [0.15, 0.2) is 11.6 Å². The summed E-state index contributed by atoms with van der Waals surface area (Å²) in [5.74, 6) is -0.718. The molecule has 0 saturated heterocycles. The fourth-order valence-electron chi connectivity index (χ4n) is 2.68. The molecule has 0 radical (unpaired) electrons. The number of benzene rings is 2. The Balaban J connectivity index is 2.18. The van der Waals surface area contributed by atoms with Crippen molar-refractivity contribution in [2.75, 3.05) is 46.7 Å². The molecule has 0 aliphatic heterocycles. The molecule has 148 valence electrons. The van der Waals surface area contributed by atoms with Crippen molar-refractivity contribution in [3.8, 4) is 5.75 Å². The second kappa shape index (κ2) is 8.69. The zero-order chi connectivity index (χ0) is 20.2. The van der Waals surface area contributed by atoms with E-state index in [9.17, 15) is 12.8 Å². The van der Waals surface area contributed by atoms with E-state index >= 15 is 0 Å². The smallest absolute Gasteiger partial charge is 0.240 e. The maximum Gasteiger partial charge on any atom is 0.240 e. The van der Waals surface area contributed by atoms with E-state index in [2.05, 4.69) is 4.72 Å². The number of ether oxygens (including phenoxy) is 1. The first kappa shape index (κ1) is 21.1. The van der Waals surface area contributed by atoms with Crippen molar-refractivity contribution in [2.45, 2.75) is 10.9 Å². The van der Waals surface area contributed by atoms with Gasteiger partial charge < -0.3 is 14.5 Å². The number of likely N-dealkylation sites (N-methyl/N-ethyl adjacent to an activating group) is 1. The summed E-state index contributed by atoms with van der Waals surface area (Å²) in [6.45, 7) is 0.157. The highest BCUT2D eigenvalue weighted by atomic mass is 32.2. The fourth-order valence-corrected chi connectivity index (χ4v) is 3.73. The summed E-state index contributed by atoms with van der Waals surface area (Å²) in [6, 6.07) is 11.3. The minimum atomic E-state index is -3.85. The monoisotopic (exact) mass is 395 g/mol. The van der Waals surface area contributed by atoms with Crippen molar-refractivity contribution in [3.05, 3.63) is 53.8 Å². The molecule has 0 aliphatic carbocycles. The molecule has 0 fully saturated rings. The van der Waals surface area contributed by atoms with E-state index in [0.29, 0.717) is 0 Å². The SMILES string of the molecule is COc1ccc(S(=O)(=O)NCC(c2ccc(N(C)C)cc2)N(C)C)cc1F. The van der Waals surface area contributed by atoms with Gasteiger partial charge in [0.05, 0.1) is 12.0 Å². The minimum Gasteiger partial charge on any atom is -0.494 e. The van der Waals surface area contributed by atoms with Gasteiger partial charge >= 0.3 is 0 Å². The molecule has 27 heavy (non-hydrogen) atoms. The Morgan fingerprint density at radius 1 is 1.07 bits per heavy atom. The molecule has 0 amide bonds. The number of halogens is 1. The van der Waals surface area contributed by atoms with Crippen LogP contribution in [0.1, 0.15) is 11.6 Å². The molecular formula is C19H26FN3O3S. The molecule has 0 aromatic heterocycles. The molecule has 0 heterocycles. The number of hydrogen-bond donors (Lipinski definition) is 1. The van der Waals surface area contributed by atoms with Crippen LogP contribution in [0.3, 0.4) is 0 Å². The number of hydrogen-bond acceptors (Lipinski definition) is 5. The van der Waals surface area contributed by atoms with Crippen molar-refractivity contribution in [1.82, 2.24) is 9.62 Å². The largest absolute Gasteiger partial charge is 0.494 e. The van der Waals surface area contributed by atoms with Gasteiger partial charge in [0.1, 0.15) is 0 Å². The van der Waals surface area contributed by atoms with Gasteiger partial charge in [0, 0.05) is 32.4 Å². The van der Waals surface area contributed by atoms with E-state index in [1.54, 1.807) is 0 Å². The van der Waals surface area contributed by atoms with Crippen LogP contribution in [-0.4, -0.2) is 55.2 Å². The summed E-state index contributed by atoms with van der Waals surface area (Å²) in [4.78, 5) is 3.79. The molecule has 1 N–H and O–H groups in total. The second-order valence-corrected chi connectivity index (χ2v) is 8.38. The predicted octanol–water partition coefficient (Wildman–Crippen LogP) is 2.48. The lowest BCUT2D eigenvalue weighted by Gasteiger charge is -2.25. The van der Waals surface area contributed by atoms with Crippen LogP contribution in [0.15, 0.2) is 47.4 Å². The van der Waals surface area contributed by atoms with E-state index in [4.69, 9.17) is 4.74 Å². The van der Waals surface area contributed by atoms with Crippen molar-refractivity contribution in [1.29, 1.82) is 0 Å². The van der Waals surface area contributed by atoms with Gasteiger partial charge in [0.2, 0.25) is 10.0 Å². The fraction of sp³-hybridized carbons (Fsp3) is 0.368. The number of sulfonamides is 1. The van der Waals surface area contributed by atoms with Crippen molar-refractivity contribution >= 4 is 15.7 Å². The molecule has 1 unspecified atom stereocenters. The van der Waals surface area contributed by atoms with Crippen molar-refractivity contribution in [2.24, 2.45) is 0 Å². The highest BCUT2D eigenvalue weighted by molar-refractivity contribution is 7.89. The molecule has 0 spiro atoms. The van der Waals surface area contributed by atoms with Gasteiger partial charge in [-0.15, -0.1) is 0 Å². The van der Waals surface area contributed by atoms with Gasteiger partial charge in [-0.25, -0.2) is 17.5 Å². The summed E-state index contributed by atoms with van der Waals surface area (Å²) in [6.07, 6.45) is 0. The van der Waals surface area contributed by atoms with Gasteiger partial charge in [0.25, 0.3) is 0 Å². The Morgan fingerprint density at radius 3 is 2.19 bits per heavy atom. The maximum absolute atomic E-state index is 13.8. The number of rotatable bonds is 8. The summed E-state index contributed by atoms with van der Waals surface area (Å²) < 4.78 is 46.3. The van der Waals surface area contributed by atoms with Crippen LogP contribution in [0, 0.1) is 5.82 Å². The van der Waals surface area contributed by atoms with Crippen LogP contribution < -0.4 is 14.4 Å². The number of anilines is 1. The van der Waals surface area contributed by atoms with Crippen LogP contribution in [0.4, 0.5) is 10.1 Å². The Hall–Kier alpha value is -2.16. The van der Waals surface area contributed by atoms with Crippen LogP contribution in [0.25, 0.3) is 0 Å². The van der Waals surface area contributed by atoms with E-state index in [1.807, 2.05) is 62.3 Å². The molecule has 0 bridgehead atoms. The third kappa shape index (κ3) is 5.18. The molecular weight excluding hydrogens is 369 g/mol. The lowest BCUT2D eigenvalue weighted by molar-refractivity contribution is 0.299. The topological polar surface area (TPSA) is 61.9 Å². The molecule has 2 aromatic carbocycles. The number of methoxy groups -OCH3 is 1. The Kier molecular flexibility index (Phi) is 6.80. The van der Waals surface area contributed by atoms with E-state index in [1.165, 1.54) is 19.2 Å². The maximum atomic E-state index is 13.8. The predicted molar refractivity (Wildman–Crippen MR) is 105 cm³/mol. The number of nitrogens with one attached hydrogen (secondary N) is 1. The average molecular weight is 396 g/mol. The Labute approximate surface area is 160 Å². The first-order valence-corrected chi connectivity index (χ1v) is 9.91. The summed E-state index contributed by atoms with van der Waals surface area (Å²) in [5, 5.41) is 0. The molecule has 8 heteroatoms. The first-order chi connectivity index (χ1) is 12.7. The first-order valence-electron chi connectivity index (χ1n) is 8.42. The van der Waals surface area contributed by atoms with E-state index in [0.717, 1.165) is 17.3 Å². The zero-order valence-corrected chi connectivity index (χ0v) is 17.0. The van der Waals surface area contributed by atoms with Crippen LogP contribution in [0.5, 0.6) is 5.75 Å². The number of nitrogens with zero attached hydrogens (tertiary/aromatic N) is 2. The molecule has 6 nitrogen and oxygen atoms in total. The quantitative estimate of drug-likeness (QED) is 0.744. The van der Waals surface area contributed by atoms with E-state index < -0.39 is 15.8 Å². The Morgan fingerprint density at radius 2 is 1.70 bits per heavy atom. The van der Waals surface area contributed by atoms with Gasteiger partial charge in [-0.2, -0.15) is 0 Å². The van der Waals surface area contributed by atoms with Crippen LogP contribution in [0.2, 0.25) is 0 Å². The zero-order valence-electron chi connectivity index (χ0n) is 16.2. The average Bonchev–Trinajstić information content (AvgIpc) is 2.61. The highest BCUT2D eigenvalue weighted by Crippen LogP contribution is 2.23. The molecule has 0 saturated carbocycles. The van der Waals surface area contributed by atoms with E-state index in [-0.39, 0.29) is 23.2 Å². The van der Waals surface area contributed by atoms with Crippen LogP contribution >= 0.6 is 0 Å². The van der Waals surface area contributed by atoms with Gasteiger partial charge in [-0.1, -0.05) is 12.1 Å². The second-order valence-electron chi connectivity index (χ2n) is 6.61. The highest BCUT2D eigenvalue weighted by Gasteiger charge is 2.21. The standard InChI is InChI=1S/C19H26FN3O3S/c1-22(2)15-8-6-14(7-9-15)18(23(3)4)13-21-27(24,25)16-10-11-19(26-5)17(20)12-16/h6-12,18,21H,13H2,1-5H3. The molecule has 1 atom stereocenters. The Bertz CT molecular complexity index is 868. The summed E-state index contributed by atoms with van der Waals surface area (Å²) in [5.41, 5.74) is 2.04. The molecule has 0 aliphatic rings. The normalized spacial score (nSPS) is 12.9. The summed E-state index contributed by atoms with van der Waals surface area (Å²) >= 11 is 0. The lowest BCUT2D eigenvalue weighted by Crippen LogP contribution is -2.34. The van der Waals surface area contributed by atoms with Gasteiger partial charge in [-0.3, -0.25) is 0 Å². The summed E-state index contributed by atoms with van der Waals surface area (Å²) in [7, 11) is 5.16. The minimum absolute atomic E-state index is 0.00102. The molecule has 2 aromatic rings. The van der Waals surface area contributed by atoms with Crippen molar-refractivity contribution in [3.63, 3.8) is 0 Å². The van der Waals surface area contributed by atoms with Crippen molar-refractivity contribution < 1.29 is 17.5 Å². The third-order valence-electron chi connectivity index (χ3n) is 4.32. The van der Waals surface area contributed by atoms with Crippen LogP contribution in [-0.2, 0) is 10.0 Å².